The van der Waals surface area contributed by atoms with Crippen LogP contribution in [0.1, 0.15) is 41.0 Å². The molecule has 2 aromatic carbocycles. The molecule has 1 saturated heterocycles. The van der Waals surface area contributed by atoms with Crippen molar-refractivity contribution in [3.05, 3.63) is 71.5 Å². The van der Waals surface area contributed by atoms with Crippen LogP contribution in [0.3, 0.4) is 0 Å². The van der Waals surface area contributed by atoms with Crippen molar-refractivity contribution < 1.29 is 23.6 Å². The molecule has 0 aliphatic carbocycles. The molecule has 0 radical (unpaired) electrons. The van der Waals surface area contributed by atoms with E-state index in [9.17, 15) is 23.6 Å². The van der Waals surface area contributed by atoms with E-state index >= 15 is 0 Å². The van der Waals surface area contributed by atoms with Gasteiger partial charge in [0.1, 0.15) is 17.9 Å². The van der Waals surface area contributed by atoms with Gasteiger partial charge in [-0.15, -0.1) is 0 Å². The van der Waals surface area contributed by atoms with E-state index in [1.165, 1.54) is 29.2 Å². The topological polar surface area (TPSA) is 95.6 Å². The summed E-state index contributed by atoms with van der Waals surface area (Å²) in [5.41, 5.74) is 0.695. The number of likely N-dealkylation sites (tertiary alicyclic amines) is 1. The summed E-state index contributed by atoms with van der Waals surface area (Å²) in [5, 5.41) is 5.35. The first-order valence-corrected chi connectivity index (χ1v) is 10.5. The first kappa shape index (κ1) is 23.1. The van der Waals surface area contributed by atoms with Crippen molar-refractivity contribution in [3.8, 4) is 0 Å². The SMILES string of the molecule is CC(C)C[C@H](NC(=O)c1ccc(F)cc1)C(=O)NC1CN(C(=O)c2ccccc2)CC1=O. The van der Waals surface area contributed by atoms with Crippen molar-refractivity contribution in [2.45, 2.75) is 32.4 Å². The average molecular weight is 439 g/mol. The van der Waals surface area contributed by atoms with Gasteiger partial charge in [0.2, 0.25) is 5.91 Å². The molecule has 0 aromatic heterocycles. The van der Waals surface area contributed by atoms with Gasteiger partial charge >= 0.3 is 0 Å². The van der Waals surface area contributed by atoms with Gasteiger partial charge in [-0.05, 0) is 48.7 Å². The van der Waals surface area contributed by atoms with Crippen molar-refractivity contribution in [3.63, 3.8) is 0 Å². The van der Waals surface area contributed by atoms with Gasteiger partial charge in [0.05, 0.1) is 6.54 Å². The zero-order valence-electron chi connectivity index (χ0n) is 18.0. The molecule has 32 heavy (non-hydrogen) atoms. The molecule has 2 N–H and O–H groups in total. The van der Waals surface area contributed by atoms with E-state index in [-0.39, 0.29) is 36.3 Å². The lowest BCUT2D eigenvalue weighted by Crippen LogP contribution is -2.52. The predicted molar refractivity (Wildman–Crippen MR) is 116 cm³/mol. The number of carbonyl (C=O) groups excluding carboxylic acids is 4. The number of nitrogens with one attached hydrogen (secondary N) is 2. The normalized spacial score (nSPS) is 16.7. The fourth-order valence-corrected chi connectivity index (χ4v) is 3.55. The maximum atomic E-state index is 13.1. The van der Waals surface area contributed by atoms with Gasteiger partial charge < -0.3 is 15.5 Å². The van der Waals surface area contributed by atoms with Crippen LogP contribution < -0.4 is 10.6 Å². The molecule has 1 unspecified atom stereocenters. The molecule has 2 atom stereocenters. The molecule has 2 aromatic rings. The number of hydrogen-bond acceptors (Lipinski definition) is 4. The largest absolute Gasteiger partial charge is 0.343 e. The van der Waals surface area contributed by atoms with Crippen molar-refractivity contribution >= 4 is 23.5 Å². The Bertz CT molecular complexity index is 992. The van der Waals surface area contributed by atoms with Gasteiger partial charge in [0.15, 0.2) is 5.78 Å². The molecule has 1 fully saturated rings. The molecule has 7 nitrogen and oxygen atoms in total. The first-order chi connectivity index (χ1) is 15.2. The molecule has 8 heteroatoms. The van der Waals surface area contributed by atoms with Crippen molar-refractivity contribution in [2.24, 2.45) is 5.92 Å². The van der Waals surface area contributed by atoms with Crippen LogP contribution >= 0.6 is 0 Å². The van der Waals surface area contributed by atoms with Gasteiger partial charge in [-0.1, -0.05) is 32.0 Å². The monoisotopic (exact) mass is 439 g/mol. The standard InChI is InChI=1S/C24H26FN3O4/c1-15(2)12-19(26-22(30)16-8-10-18(25)11-9-16)23(31)27-20-13-28(14-21(20)29)24(32)17-6-4-3-5-7-17/h3-11,15,19-20H,12-14H2,1-2H3,(H,26,30)(H,27,31)/t19-,20?/m0/s1. The molecular weight excluding hydrogens is 413 g/mol. The molecular formula is C24H26FN3O4. The second kappa shape index (κ2) is 10.2. The summed E-state index contributed by atoms with van der Waals surface area (Å²) in [6.07, 6.45) is 0.354. The number of carbonyl (C=O) groups is 4. The Morgan fingerprint density at radius 3 is 2.31 bits per heavy atom. The number of ketones is 1. The molecule has 168 valence electrons. The van der Waals surface area contributed by atoms with Crippen molar-refractivity contribution in [2.75, 3.05) is 13.1 Å². The van der Waals surface area contributed by atoms with Crippen molar-refractivity contribution in [1.29, 1.82) is 0 Å². The smallest absolute Gasteiger partial charge is 0.254 e. The number of benzene rings is 2. The molecule has 1 aliphatic heterocycles. The lowest BCUT2D eigenvalue weighted by Gasteiger charge is -2.22. The third kappa shape index (κ3) is 5.78. The molecule has 3 amide bonds. The Balaban J connectivity index is 1.65. The Labute approximate surface area is 186 Å². The third-order valence-electron chi connectivity index (χ3n) is 5.20. The number of Topliss-reactive ketones (excluding diaryl/α,β-unsaturated/α-hetero) is 1. The van der Waals surface area contributed by atoms with E-state index in [0.29, 0.717) is 12.0 Å². The minimum Gasteiger partial charge on any atom is -0.343 e. The summed E-state index contributed by atoms with van der Waals surface area (Å²) in [7, 11) is 0. The van der Waals surface area contributed by atoms with Crippen LogP contribution in [0.5, 0.6) is 0 Å². The number of amides is 3. The van der Waals surface area contributed by atoms with E-state index < -0.39 is 29.7 Å². The average Bonchev–Trinajstić information content (AvgIpc) is 3.13. The fourth-order valence-electron chi connectivity index (χ4n) is 3.55. The summed E-state index contributed by atoms with van der Waals surface area (Å²) < 4.78 is 13.1. The van der Waals surface area contributed by atoms with Crippen LogP contribution in [0.2, 0.25) is 0 Å². The van der Waals surface area contributed by atoms with Crippen LogP contribution in [0, 0.1) is 11.7 Å². The molecule has 1 heterocycles. The lowest BCUT2D eigenvalue weighted by molar-refractivity contribution is -0.127. The summed E-state index contributed by atoms with van der Waals surface area (Å²) in [5.74, 6) is -1.93. The van der Waals surface area contributed by atoms with E-state index in [2.05, 4.69) is 10.6 Å². The molecule has 0 saturated carbocycles. The van der Waals surface area contributed by atoms with Crippen molar-refractivity contribution in [1.82, 2.24) is 15.5 Å². The molecule has 1 aliphatic rings. The van der Waals surface area contributed by atoms with Crippen LogP contribution in [0.25, 0.3) is 0 Å². The van der Waals surface area contributed by atoms with E-state index in [1.807, 2.05) is 13.8 Å². The number of rotatable bonds is 7. The maximum Gasteiger partial charge on any atom is 0.254 e. The zero-order chi connectivity index (χ0) is 23.3. The quantitative estimate of drug-likeness (QED) is 0.691. The highest BCUT2D eigenvalue weighted by molar-refractivity contribution is 6.02. The first-order valence-electron chi connectivity index (χ1n) is 10.5. The van der Waals surface area contributed by atoms with E-state index in [4.69, 9.17) is 0 Å². The van der Waals surface area contributed by atoms with Gasteiger partial charge in [-0.2, -0.15) is 0 Å². The highest BCUT2D eigenvalue weighted by atomic mass is 19.1. The van der Waals surface area contributed by atoms with Crippen LogP contribution in [0.15, 0.2) is 54.6 Å². The third-order valence-corrected chi connectivity index (χ3v) is 5.20. The summed E-state index contributed by atoms with van der Waals surface area (Å²) in [6, 6.07) is 11.9. The van der Waals surface area contributed by atoms with E-state index in [0.717, 1.165) is 0 Å². The Hall–Kier alpha value is -3.55. The Kier molecular flexibility index (Phi) is 7.35. The van der Waals surface area contributed by atoms with Crippen LogP contribution in [-0.2, 0) is 9.59 Å². The minimum absolute atomic E-state index is 0.0681. The van der Waals surface area contributed by atoms with Gasteiger partial charge in [0.25, 0.3) is 11.8 Å². The minimum atomic E-state index is -0.876. The van der Waals surface area contributed by atoms with Crippen LogP contribution in [-0.4, -0.2) is 53.6 Å². The maximum absolute atomic E-state index is 13.1. The predicted octanol–water partition coefficient (Wildman–Crippen LogP) is 2.18. The van der Waals surface area contributed by atoms with Gasteiger partial charge in [-0.25, -0.2) is 4.39 Å². The second-order valence-electron chi connectivity index (χ2n) is 8.24. The number of nitrogens with zero attached hydrogens (tertiary/aromatic N) is 1. The lowest BCUT2D eigenvalue weighted by atomic mass is 10.0. The fraction of sp³-hybridized carbons (Fsp3) is 0.333. The Morgan fingerprint density at radius 2 is 1.69 bits per heavy atom. The Morgan fingerprint density at radius 1 is 1.03 bits per heavy atom. The molecule has 0 spiro atoms. The van der Waals surface area contributed by atoms with E-state index in [1.54, 1.807) is 30.3 Å². The second-order valence-corrected chi connectivity index (χ2v) is 8.24. The molecule has 3 rings (SSSR count). The number of halogens is 1. The highest BCUT2D eigenvalue weighted by Gasteiger charge is 2.36. The number of hydrogen-bond donors (Lipinski definition) is 2. The summed E-state index contributed by atoms with van der Waals surface area (Å²) >= 11 is 0. The zero-order valence-corrected chi connectivity index (χ0v) is 18.0. The molecule has 0 bridgehead atoms. The summed E-state index contributed by atoms with van der Waals surface area (Å²) in [4.78, 5) is 51.9. The van der Waals surface area contributed by atoms with Crippen LogP contribution in [0.4, 0.5) is 4.39 Å². The summed E-state index contributed by atoms with van der Waals surface area (Å²) in [6.45, 7) is 3.80. The van der Waals surface area contributed by atoms with Gasteiger partial charge in [0, 0.05) is 17.7 Å². The van der Waals surface area contributed by atoms with Gasteiger partial charge in [-0.3, -0.25) is 19.2 Å². The highest BCUT2D eigenvalue weighted by Crippen LogP contribution is 2.13.